The third-order valence-corrected chi connectivity index (χ3v) is 4.97. The molecule has 3 rings (SSSR count). The zero-order valence-electron chi connectivity index (χ0n) is 14.7. The maximum absolute atomic E-state index is 12.7. The zero-order chi connectivity index (χ0) is 16.9. The van der Waals surface area contributed by atoms with Crippen LogP contribution in [0.15, 0.2) is 18.2 Å². The molecule has 2 saturated heterocycles. The molecule has 5 heteroatoms. The highest BCUT2D eigenvalue weighted by Crippen LogP contribution is 2.23. The lowest BCUT2D eigenvalue weighted by molar-refractivity contribution is -0.0839. The number of ether oxygens (including phenoxy) is 2. The quantitative estimate of drug-likeness (QED) is 0.921. The molecule has 2 aliphatic heterocycles. The van der Waals surface area contributed by atoms with Crippen molar-refractivity contribution in [2.24, 2.45) is 0 Å². The molecule has 0 aliphatic carbocycles. The largest absolute Gasteiger partial charge is 0.375 e. The van der Waals surface area contributed by atoms with Crippen molar-refractivity contribution in [1.29, 1.82) is 0 Å². The van der Waals surface area contributed by atoms with Gasteiger partial charge in [-0.3, -0.25) is 0 Å². The summed E-state index contributed by atoms with van der Waals surface area (Å²) in [5.41, 5.74) is 3.34. The fourth-order valence-electron chi connectivity index (χ4n) is 3.44. The smallest absolute Gasteiger partial charge is 0.322 e. The number of morpholine rings is 1. The molecule has 24 heavy (non-hydrogen) atoms. The standard InChI is InChI=1S/C19H28N2O3/c1-3-14-7-8-15(4-2)16(12-14)20-19(22)21-9-11-24-18(13-21)17-6-5-10-23-17/h7-8,12,17-18H,3-6,9-11,13H2,1-2H3,(H,20,22)/t17-,18-/m0/s1. The van der Waals surface area contributed by atoms with E-state index in [0.29, 0.717) is 19.7 Å². The molecule has 0 aromatic heterocycles. The van der Waals surface area contributed by atoms with Gasteiger partial charge in [0.25, 0.3) is 0 Å². The second-order valence-electron chi connectivity index (χ2n) is 6.54. The molecule has 2 fully saturated rings. The Bertz CT molecular complexity index is 570. The van der Waals surface area contributed by atoms with Crippen molar-refractivity contribution in [3.8, 4) is 0 Å². The first-order chi connectivity index (χ1) is 11.7. The van der Waals surface area contributed by atoms with Crippen LogP contribution in [0.3, 0.4) is 0 Å². The summed E-state index contributed by atoms with van der Waals surface area (Å²) in [6, 6.07) is 6.30. The van der Waals surface area contributed by atoms with Gasteiger partial charge in [-0.2, -0.15) is 0 Å². The van der Waals surface area contributed by atoms with E-state index >= 15 is 0 Å². The molecule has 5 nitrogen and oxygen atoms in total. The van der Waals surface area contributed by atoms with Gasteiger partial charge in [-0.05, 0) is 42.9 Å². The maximum Gasteiger partial charge on any atom is 0.322 e. The Morgan fingerprint density at radius 3 is 2.75 bits per heavy atom. The number of anilines is 1. The van der Waals surface area contributed by atoms with Crippen LogP contribution in [-0.2, 0) is 22.3 Å². The van der Waals surface area contributed by atoms with E-state index in [0.717, 1.165) is 38.0 Å². The molecule has 0 spiro atoms. The van der Waals surface area contributed by atoms with Crippen LogP contribution < -0.4 is 5.32 Å². The number of nitrogens with zero attached hydrogens (tertiary/aromatic N) is 1. The first kappa shape index (κ1) is 17.2. The Labute approximate surface area is 144 Å². The molecule has 2 atom stereocenters. The highest BCUT2D eigenvalue weighted by atomic mass is 16.5. The zero-order valence-corrected chi connectivity index (χ0v) is 14.7. The van der Waals surface area contributed by atoms with E-state index in [2.05, 4.69) is 37.4 Å². The van der Waals surface area contributed by atoms with Crippen LogP contribution in [0.4, 0.5) is 10.5 Å². The van der Waals surface area contributed by atoms with Gasteiger partial charge in [-0.15, -0.1) is 0 Å². The number of rotatable bonds is 4. The van der Waals surface area contributed by atoms with Crippen LogP contribution in [0, 0.1) is 0 Å². The average Bonchev–Trinajstić information content (AvgIpc) is 3.16. The predicted molar refractivity (Wildman–Crippen MR) is 94.5 cm³/mol. The summed E-state index contributed by atoms with van der Waals surface area (Å²) in [5, 5.41) is 3.11. The van der Waals surface area contributed by atoms with E-state index in [4.69, 9.17) is 9.47 Å². The van der Waals surface area contributed by atoms with Crippen LogP contribution in [-0.4, -0.2) is 49.4 Å². The highest BCUT2D eigenvalue weighted by molar-refractivity contribution is 5.90. The van der Waals surface area contributed by atoms with E-state index in [1.807, 2.05) is 4.90 Å². The van der Waals surface area contributed by atoms with Crippen molar-refractivity contribution in [1.82, 2.24) is 4.90 Å². The van der Waals surface area contributed by atoms with Gasteiger partial charge in [0.15, 0.2) is 0 Å². The Morgan fingerprint density at radius 2 is 2.04 bits per heavy atom. The SMILES string of the molecule is CCc1ccc(CC)c(NC(=O)N2CCO[C@H]([C@@H]3CCCO3)C2)c1. The molecule has 0 radical (unpaired) electrons. The van der Waals surface area contributed by atoms with Crippen LogP contribution in [0.25, 0.3) is 0 Å². The minimum atomic E-state index is -0.0377. The van der Waals surface area contributed by atoms with Crippen molar-refractivity contribution >= 4 is 11.7 Å². The van der Waals surface area contributed by atoms with Gasteiger partial charge in [-0.25, -0.2) is 4.79 Å². The molecule has 2 amide bonds. The number of hydrogen-bond donors (Lipinski definition) is 1. The van der Waals surface area contributed by atoms with Gasteiger partial charge in [0, 0.05) is 18.8 Å². The number of benzene rings is 1. The molecule has 2 heterocycles. The number of carbonyl (C=O) groups excluding carboxylic acids is 1. The third kappa shape index (κ3) is 3.90. The van der Waals surface area contributed by atoms with E-state index in [1.165, 1.54) is 11.1 Å². The van der Waals surface area contributed by atoms with Crippen LogP contribution >= 0.6 is 0 Å². The summed E-state index contributed by atoms with van der Waals surface area (Å²) < 4.78 is 11.5. The Morgan fingerprint density at radius 1 is 1.21 bits per heavy atom. The van der Waals surface area contributed by atoms with Crippen molar-refractivity contribution in [2.45, 2.75) is 51.7 Å². The summed E-state index contributed by atoms with van der Waals surface area (Å²) in [6.07, 6.45) is 4.11. The third-order valence-electron chi connectivity index (χ3n) is 4.97. The lowest BCUT2D eigenvalue weighted by Gasteiger charge is -2.35. The number of urea groups is 1. The number of carbonyl (C=O) groups is 1. The Kier molecular flexibility index (Phi) is 5.74. The highest BCUT2D eigenvalue weighted by Gasteiger charge is 2.32. The fraction of sp³-hybridized carbons (Fsp3) is 0.632. The number of nitrogens with one attached hydrogen (secondary N) is 1. The van der Waals surface area contributed by atoms with Gasteiger partial charge in [0.05, 0.1) is 19.3 Å². The van der Waals surface area contributed by atoms with Crippen LogP contribution in [0.2, 0.25) is 0 Å². The van der Waals surface area contributed by atoms with E-state index < -0.39 is 0 Å². The first-order valence-corrected chi connectivity index (χ1v) is 9.12. The van der Waals surface area contributed by atoms with E-state index in [9.17, 15) is 4.79 Å². The monoisotopic (exact) mass is 332 g/mol. The average molecular weight is 332 g/mol. The van der Waals surface area contributed by atoms with E-state index in [-0.39, 0.29) is 18.2 Å². The van der Waals surface area contributed by atoms with Crippen LogP contribution in [0.5, 0.6) is 0 Å². The summed E-state index contributed by atoms with van der Waals surface area (Å²) >= 11 is 0. The topological polar surface area (TPSA) is 50.8 Å². The molecule has 1 aromatic carbocycles. The first-order valence-electron chi connectivity index (χ1n) is 9.12. The number of amides is 2. The predicted octanol–water partition coefficient (Wildman–Crippen LogP) is 3.22. The summed E-state index contributed by atoms with van der Waals surface area (Å²) in [4.78, 5) is 14.6. The molecular weight excluding hydrogens is 304 g/mol. The lowest BCUT2D eigenvalue weighted by atomic mass is 10.1. The lowest BCUT2D eigenvalue weighted by Crippen LogP contribution is -2.51. The van der Waals surface area contributed by atoms with Gasteiger partial charge >= 0.3 is 6.03 Å². The summed E-state index contributed by atoms with van der Waals surface area (Å²) in [5.74, 6) is 0. The van der Waals surface area contributed by atoms with Gasteiger partial charge in [0.2, 0.25) is 0 Å². The molecule has 1 aromatic rings. The maximum atomic E-state index is 12.7. The number of hydrogen-bond acceptors (Lipinski definition) is 3. The van der Waals surface area contributed by atoms with Gasteiger partial charge in [0.1, 0.15) is 6.10 Å². The molecule has 1 N–H and O–H groups in total. The van der Waals surface area contributed by atoms with Gasteiger partial charge < -0.3 is 19.7 Å². The molecule has 132 valence electrons. The minimum absolute atomic E-state index is 0.000350. The van der Waals surface area contributed by atoms with Crippen molar-refractivity contribution in [3.05, 3.63) is 29.3 Å². The molecule has 0 bridgehead atoms. The second-order valence-corrected chi connectivity index (χ2v) is 6.54. The second kappa shape index (κ2) is 7.99. The molecule has 0 saturated carbocycles. The molecular formula is C19H28N2O3. The minimum Gasteiger partial charge on any atom is -0.375 e. The van der Waals surface area contributed by atoms with E-state index in [1.54, 1.807) is 0 Å². The van der Waals surface area contributed by atoms with Crippen molar-refractivity contribution in [3.63, 3.8) is 0 Å². The summed E-state index contributed by atoms with van der Waals surface area (Å²) in [7, 11) is 0. The number of aryl methyl sites for hydroxylation is 2. The van der Waals surface area contributed by atoms with Gasteiger partial charge in [-0.1, -0.05) is 26.0 Å². The molecule has 0 unspecified atom stereocenters. The Balaban J connectivity index is 1.65. The molecule has 2 aliphatic rings. The Hall–Kier alpha value is -1.59. The van der Waals surface area contributed by atoms with Crippen molar-refractivity contribution < 1.29 is 14.3 Å². The normalized spacial score (nSPS) is 24.2. The van der Waals surface area contributed by atoms with Crippen LogP contribution in [0.1, 0.15) is 37.8 Å². The van der Waals surface area contributed by atoms with Crippen molar-refractivity contribution in [2.75, 3.05) is 31.6 Å². The fourth-order valence-corrected chi connectivity index (χ4v) is 3.44. The summed E-state index contributed by atoms with van der Waals surface area (Å²) in [6.45, 7) is 6.85.